The quantitative estimate of drug-likeness (QED) is 0.340. The molecule has 0 saturated carbocycles. The number of nitrogens with one attached hydrogen (secondary N) is 1. The Labute approximate surface area is 176 Å². The van der Waals surface area contributed by atoms with Crippen molar-refractivity contribution in [3.8, 4) is 5.75 Å². The number of amides is 1. The van der Waals surface area contributed by atoms with Crippen LogP contribution in [0, 0.1) is 0 Å². The molecule has 1 heterocycles. The molecule has 3 aromatic rings. The van der Waals surface area contributed by atoms with Crippen LogP contribution in [0.2, 0.25) is 0 Å². The summed E-state index contributed by atoms with van der Waals surface area (Å²) in [5.74, 6) is 0.900. The Kier molecular flexibility index (Phi) is 7.49. The zero-order valence-corrected chi connectivity index (χ0v) is 17.3. The third kappa shape index (κ3) is 5.41. The molecule has 0 saturated heterocycles. The molecule has 1 aromatic heterocycles. The van der Waals surface area contributed by atoms with Crippen molar-refractivity contribution in [2.24, 2.45) is 0 Å². The number of rotatable bonds is 11. The van der Waals surface area contributed by atoms with E-state index in [9.17, 15) is 14.7 Å². The molecule has 0 aliphatic heterocycles. The molecule has 0 radical (unpaired) electrons. The maximum absolute atomic E-state index is 12.5. The predicted molar refractivity (Wildman–Crippen MR) is 117 cm³/mol. The number of Topliss-reactive ketones (excluding diaryl/α,β-unsaturated/α-hetero) is 1. The topological polar surface area (TPSA) is 82.6 Å². The largest absolute Gasteiger partial charge is 0.496 e. The molecule has 0 spiro atoms. The van der Waals surface area contributed by atoms with Crippen LogP contribution in [0.25, 0.3) is 10.9 Å². The van der Waals surface area contributed by atoms with Gasteiger partial charge in [0.2, 0.25) is 0 Å². The summed E-state index contributed by atoms with van der Waals surface area (Å²) < 4.78 is 5.33. The first kappa shape index (κ1) is 21.4. The highest BCUT2D eigenvalue weighted by Gasteiger charge is 2.14. The number of hydrogen-bond acceptors (Lipinski definition) is 3. The number of H-pyrrole nitrogens is 1. The Hall–Kier alpha value is -3.28. The summed E-state index contributed by atoms with van der Waals surface area (Å²) in [5, 5.41) is 10.4. The van der Waals surface area contributed by atoms with Crippen LogP contribution in [0.4, 0.5) is 4.79 Å². The number of unbranched alkanes of at least 4 members (excludes halogenated alkanes) is 2. The lowest BCUT2D eigenvalue weighted by Gasteiger charge is -2.19. The van der Waals surface area contributed by atoms with Gasteiger partial charge in [0, 0.05) is 42.2 Å². The van der Waals surface area contributed by atoms with Gasteiger partial charge < -0.3 is 19.7 Å². The van der Waals surface area contributed by atoms with Crippen LogP contribution in [-0.4, -0.2) is 47.1 Å². The van der Waals surface area contributed by atoms with Crippen molar-refractivity contribution in [3.63, 3.8) is 0 Å². The average Bonchev–Trinajstić information content (AvgIpc) is 3.19. The van der Waals surface area contributed by atoms with E-state index in [4.69, 9.17) is 4.74 Å². The van der Waals surface area contributed by atoms with E-state index in [0.717, 1.165) is 47.0 Å². The predicted octanol–water partition coefficient (Wildman–Crippen LogP) is 5.14. The highest BCUT2D eigenvalue weighted by atomic mass is 16.5. The number of fused-ring (bicyclic) bond motifs is 1. The van der Waals surface area contributed by atoms with Gasteiger partial charge in [-0.3, -0.25) is 4.79 Å². The van der Waals surface area contributed by atoms with Gasteiger partial charge in [-0.15, -0.1) is 0 Å². The van der Waals surface area contributed by atoms with E-state index in [1.807, 2.05) is 48.5 Å². The highest BCUT2D eigenvalue weighted by Crippen LogP contribution is 2.20. The fraction of sp³-hybridized carbons (Fsp3) is 0.333. The summed E-state index contributed by atoms with van der Waals surface area (Å²) in [5.41, 5.74) is 2.69. The second-order valence-electron chi connectivity index (χ2n) is 7.31. The Morgan fingerprint density at radius 1 is 1.00 bits per heavy atom. The summed E-state index contributed by atoms with van der Waals surface area (Å²) in [7, 11) is 1.62. The molecule has 0 atom stereocenters. The fourth-order valence-corrected chi connectivity index (χ4v) is 3.67. The van der Waals surface area contributed by atoms with Gasteiger partial charge in [0.05, 0.1) is 7.11 Å². The van der Waals surface area contributed by atoms with Crippen molar-refractivity contribution < 1.29 is 19.4 Å². The minimum Gasteiger partial charge on any atom is -0.496 e. The second-order valence-corrected chi connectivity index (χ2v) is 7.31. The molecule has 0 bridgehead atoms. The van der Waals surface area contributed by atoms with Gasteiger partial charge >= 0.3 is 6.09 Å². The highest BCUT2D eigenvalue weighted by molar-refractivity contribution is 6.07. The van der Waals surface area contributed by atoms with Gasteiger partial charge in [-0.1, -0.05) is 42.8 Å². The van der Waals surface area contributed by atoms with Gasteiger partial charge in [0.25, 0.3) is 0 Å². The molecule has 2 aromatic carbocycles. The number of benzene rings is 2. The standard InChI is InChI=1S/C24H28N2O4/c1-30-23-13-7-4-9-18(23)14-16-26(24(28)29)15-8-2-3-12-22(27)20-17-25-21-11-6-5-10-19(20)21/h4-7,9-11,13,17,25H,2-3,8,12,14-16H2,1H3,(H,28,29). The molecular formula is C24H28N2O4. The first-order valence-electron chi connectivity index (χ1n) is 10.3. The minimum atomic E-state index is -0.917. The van der Waals surface area contributed by atoms with Crippen LogP contribution in [-0.2, 0) is 6.42 Å². The van der Waals surface area contributed by atoms with Crippen LogP contribution < -0.4 is 4.74 Å². The van der Waals surface area contributed by atoms with Crippen molar-refractivity contribution in [2.75, 3.05) is 20.2 Å². The van der Waals surface area contributed by atoms with E-state index in [0.29, 0.717) is 25.9 Å². The Morgan fingerprint density at radius 2 is 1.77 bits per heavy atom. The molecule has 0 aliphatic carbocycles. The molecular weight excluding hydrogens is 380 g/mol. The van der Waals surface area contributed by atoms with E-state index < -0.39 is 6.09 Å². The first-order chi connectivity index (χ1) is 14.6. The molecule has 1 amide bonds. The Bertz CT molecular complexity index is 996. The third-order valence-electron chi connectivity index (χ3n) is 5.34. The number of para-hydroxylation sites is 2. The third-order valence-corrected chi connectivity index (χ3v) is 5.34. The van der Waals surface area contributed by atoms with Crippen LogP contribution in [0.3, 0.4) is 0 Å². The fourth-order valence-electron chi connectivity index (χ4n) is 3.67. The monoisotopic (exact) mass is 408 g/mol. The van der Waals surface area contributed by atoms with Crippen LogP contribution in [0.15, 0.2) is 54.7 Å². The van der Waals surface area contributed by atoms with E-state index >= 15 is 0 Å². The van der Waals surface area contributed by atoms with E-state index in [1.165, 1.54) is 4.90 Å². The van der Waals surface area contributed by atoms with Gasteiger partial charge in [0.15, 0.2) is 5.78 Å². The lowest BCUT2D eigenvalue weighted by molar-refractivity contribution is 0.0979. The molecule has 6 heteroatoms. The SMILES string of the molecule is COc1ccccc1CCN(CCCCCC(=O)c1c[nH]c2ccccc12)C(=O)O. The van der Waals surface area contributed by atoms with Gasteiger partial charge in [-0.25, -0.2) is 4.79 Å². The van der Waals surface area contributed by atoms with Gasteiger partial charge in [-0.2, -0.15) is 0 Å². The summed E-state index contributed by atoms with van der Waals surface area (Å²) >= 11 is 0. The minimum absolute atomic E-state index is 0.124. The number of ketones is 1. The number of carbonyl (C=O) groups is 2. The number of methoxy groups -OCH3 is 1. The van der Waals surface area contributed by atoms with Crippen molar-refractivity contribution in [3.05, 3.63) is 65.9 Å². The van der Waals surface area contributed by atoms with E-state index in [2.05, 4.69) is 4.98 Å². The molecule has 30 heavy (non-hydrogen) atoms. The molecule has 2 N–H and O–H groups in total. The van der Waals surface area contributed by atoms with Crippen LogP contribution in [0.5, 0.6) is 5.75 Å². The molecule has 0 aliphatic rings. The maximum atomic E-state index is 12.5. The number of nitrogens with zero attached hydrogens (tertiary/aromatic N) is 1. The number of aromatic amines is 1. The summed E-state index contributed by atoms with van der Waals surface area (Å²) in [4.78, 5) is 28.6. The van der Waals surface area contributed by atoms with Gasteiger partial charge in [-0.05, 0) is 37.0 Å². The summed E-state index contributed by atoms with van der Waals surface area (Å²) in [6.07, 6.45) is 4.23. The zero-order valence-electron chi connectivity index (χ0n) is 17.3. The molecule has 3 rings (SSSR count). The number of carbonyl (C=O) groups excluding carboxylic acids is 1. The summed E-state index contributed by atoms with van der Waals surface area (Å²) in [6.45, 7) is 0.885. The van der Waals surface area contributed by atoms with Crippen LogP contribution >= 0.6 is 0 Å². The smallest absolute Gasteiger partial charge is 0.407 e. The van der Waals surface area contributed by atoms with E-state index in [-0.39, 0.29) is 5.78 Å². The Balaban J connectivity index is 1.42. The lowest BCUT2D eigenvalue weighted by atomic mass is 10.0. The summed E-state index contributed by atoms with van der Waals surface area (Å²) in [6, 6.07) is 15.4. The van der Waals surface area contributed by atoms with Crippen molar-refractivity contribution in [1.29, 1.82) is 0 Å². The number of hydrogen-bond donors (Lipinski definition) is 2. The van der Waals surface area contributed by atoms with Gasteiger partial charge in [0.1, 0.15) is 5.75 Å². The zero-order chi connectivity index (χ0) is 21.3. The normalized spacial score (nSPS) is 10.8. The first-order valence-corrected chi connectivity index (χ1v) is 10.3. The van der Waals surface area contributed by atoms with E-state index in [1.54, 1.807) is 13.3 Å². The number of carboxylic acid groups (broad SMARTS) is 1. The van der Waals surface area contributed by atoms with Crippen molar-refractivity contribution in [2.45, 2.75) is 32.1 Å². The molecule has 0 unspecified atom stereocenters. The lowest BCUT2D eigenvalue weighted by Crippen LogP contribution is -2.32. The second kappa shape index (κ2) is 10.5. The maximum Gasteiger partial charge on any atom is 0.407 e. The molecule has 158 valence electrons. The average molecular weight is 408 g/mol. The Morgan fingerprint density at radius 3 is 2.57 bits per heavy atom. The van der Waals surface area contributed by atoms with Crippen molar-refractivity contribution >= 4 is 22.8 Å². The van der Waals surface area contributed by atoms with Crippen molar-refractivity contribution in [1.82, 2.24) is 9.88 Å². The molecule has 0 fully saturated rings. The van der Waals surface area contributed by atoms with Crippen LogP contribution in [0.1, 0.15) is 41.6 Å². The number of aromatic nitrogens is 1. The molecule has 6 nitrogen and oxygen atoms in total. The number of ether oxygens (including phenoxy) is 1.